The Kier molecular flexibility index (Phi) is 5.16. The lowest BCUT2D eigenvalue weighted by Gasteiger charge is -2.15. The van der Waals surface area contributed by atoms with Gasteiger partial charge in [0.15, 0.2) is 0 Å². The third kappa shape index (κ3) is 4.06. The number of methoxy groups -OCH3 is 1. The Bertz CT molecular complexity index is 1170. The molecule has 0 saturated heterocycles. The molecule has 4 aromatic rings. The molecule has 2 aromatic carbocycles. The van der Waals surface area contributed by atoms with Gasteiger partial charge >= 0.3 is 5.97 Å². The van der Waals surface area contributed by atoms with Crippen molar-refractivity contribution in [2.45, 2.75) is 12.5 Å². The van der Waals surface area contributed by atoms with Gasteiger partial charge in [-0.05, 0) is 29.8 Å². The van der Waals surface area contributed by atoms with Crippen LogP contribution in [0.15, 0.2) is 71.3 Å². The van der Waals surface area contributed by atoms with Crippen LogP contribution in [0.1, 0.15) is 11.3 Å². The Morgan fingerprint density at radius 2 is 1.97 bits per heavy atom. The van der Waals surface area contributed by atoms with Crippen molar-refractivity contribution in [2.24, 2.45) is 0 Å². The van der Waals surface area contributed by atoms with Crippen LogP contribution in [0.2, 0.25) is 0 Å². The number of nitrogens with one attached hydrogen (secondary N) is 2. The van der Waals surface area contributed by atoms with Crippen LogP contribution in [0.3, 0.4) is 0 Å². The smallest absolute Gasteiger partial charge is 0.328 e. The number of benzene rings is 2. The minimum atomic E-state index is -0.799. The second kappa shape index (κ2) is 8.06. The van der Waals surface area contributed by atoms with E-state index in [4.69, 9.17) is 9.15 Å². The first-order valence-corrected chi connectivity index (χ1v) is 9.24. The lowest BCUT2D eigenvalue weighted by molar-refractivity contribution is -0.144. The van der Waals surface area contributed by atoms with Gasteiger partial charge in [-0.25, -0.2) is 4.79 Å². The summed E-state index contributed by atoms with van der Waals surface area (Å²) >= 11 is 0. The maximum absolute atomic E-state index is 12.4. The first-order chi connectivity index (χ1) is 14.1. The van der Waals surface area contributed by atoms with Crippen LogP contribution in [0.25, 0.3) is 27.9 Å². The van der Waals surface area contributed by atoms with E-state index in [1.54, 1.807) is 6.08 Å². The number of carbonyl (C=O) groups excluding carboxylic acids is 2. The van der Waals surface area contributed by atoms with Crippen molar-refractivity contribution in [3.8, 4) is 0 Å². The molecular weight excluding hydrogens is 368 g/mol. The van der Waals surface area contributed by atoms with E-state index in [1.807, 2.05) is 60.8 Å². The number of amides is 1. The standard InChI is InChI=1S/C23H20N2O4/c1-28-23(27)20(13-16-14-24-19-8-4-3-7-18(16)19)25-22(26)11-10-17-12-15-6-2-5-9-21(15)29-17/h2-12,14,20,24H,13H2,1H3,(H,25,26)/b11-10+. The average Bonchev–Trinajstić information content (AvgIpc) is 3.35. The van der Waals surface area contributed by atoms with E-state index in [0.717, 1.165) is 27.4 Å². The third-order valence-corrected chi connectivity index (χ3v) is 4.74. The fourth-order valence-electron chi connectivity index (χ4n) is 3.32. The van der Waals surface area contributed by atoms with Crippen molar-refractivity contribution in [1.29, 1.82) is 0 Å². The Morgan fingerprint density at radius 1 is 1.17 bits per heavy atom. The zero-order chi connectivity index (χ0) is 20.2. The van der Waals surface area contributed by atoms with Crippen LogP contribution in [0, 0.1) is 0 Å². The van der Waals surface area contributed by atoms with Crippen molar-refractivity contribution in [3.63, 3.8) is 0 Å². The molecule has 29 heavy (non-hydrogen) atoms. The van der Waals surface area contributed by atoms with Gasteiger partial charge in [-0.15, -0.1) is 0 Å². The molecule has 0 radical (unpaired) electrons. The number of rotatable bonds is 6. The zero-order valence-electron chi connectivity index (χ0n) is 15.8. The average molecular weight is 388 g/mol. The molecule has 1 unspecified atom stereocenters. The van der Waals surface area contributed by atoms with Crippen molar-refractivity contribution in [2.75, 3.05) is 7.11 Å². The van der Waals surface area contributed by atoms with Crippen LogP contribution < -0.4 is 5.32 Å². The second-order valence-corrected chi connectivity index (χ2v) is 6.67. The Labute approximate surface area is 167 Å². The van der Waals surface area contributed by atoms with E-state index in [9.17, 15) is 9.59 Å². The van der Waals surface area contributed by atoms with Gasteiger partial charge in [0.1, 0.15) is 17.4 Å². The molecule has 6 heteroatoms. The van der Waals surface area contributed by atoms with E-state index in [0.29, 0.717) is 12.2 Å². The molecule has 0 spiro atoms. The van der Waals surface area contributed by atoms with Gasteiger partial charge in [0.25, 0.3) is 0 Å². The van der Waals surface area contributed by atoms with Gasteiger partial charge in [0, 0.05) is 35.0 Å². The van der Waals surface area contributed by atoms with Crippen molar-refractivity contribution >= 4 is 39.8 Å². The fraction of sp³-hybridized carbons (Fsp3) is 0.130. The maximum atomic E-state index is 12.4. The number of ether oxygens (including phenoxy) is 1. The van der Waals surface area contributed by atoms with Gasteiger partial charge in [-0.1, -0.05) is 36.4 Å². The summed E-state index contributed by atoms with van der Waals surface area (Å²) in [5.74, 6) is -0.339. The molecule has 1 atom stereocenters. The summed E-state index contributed by atoms with van der Waals surface area (Å²) in [5.41, 5.74) is 2.65. The van der Waals surface area contributed by atoms with Crippen LogP contribution in [0.5, 0.6) is 0 Å². The van der Waals surface area contributed by atoms with Crippen LogP contribution >= 0.6 is 0 Å². The quantitative estimate of drug-likeness (QED) is 0.388. The Balaban J connectivity index is 1.48. The molecule has 4 rings (SSSR count). The monoisotopic (exact) mass is 388 g/mol. The minimum Gasteiger partial charge on any atom is -0.467 e. The summed E-state index contributed by atoms with van der Waals surface area (Å²) in [6, 6.07) is 16.5. The number of hydrogen-bond acceptors (Lipinski definition) is 4. The van der Waals surface area contributed by atoms with Gasteiger partial charge in [0.05, 0.1) is 7.11 Å². The van der Waals surface area contributed by atoms with E-state index >= 15 is 0 Å². The molecule has 0 bridgehead atoms. The summed E-state index contributed by atoms with van der Waals surface area (Å²) in [4.78, 5) is 27.8. The summed E-state index contributed by atoms with van der Waals surface area (Å²) in [5, 5.41) is 4.68. The van der Waals surface area contributed by atoms with Crippen molar-refractivity contribution in [1.82, 2.24) is 10.3 Å². The lowest BCUT2D eigenvalue weighted by atomic mass is 10.0. The number of furan rings is 1. The number of aromatic amines is 1. The molecule has 146 valence electrons. The van der Waals surface area contributed by atoms with Crippen LogP contribution in [0.4, 0.5) is 0 Å². The predicted octanol–water partition coefficient (Wildman–Crippen LogP) is 3.83. The summed E-state index contributed by atoms with van der Waals surface area (Å²) < 4.78 is 10.5. The molecule has 6 nitrogen and oxygen atoms in total. The zero-order valence-corrected chi connectivity index (χ0v) is 15.8. The number of fused-ring (bicyclic) bond motifs is 2. The fourth-order valence-corrected chi connectivity index (χ4v) is 3.32. The highest BCUT2D eigenvalue weighted by Crippen LogP contribution is 2.20. The third-order valence-electron chi connectivity index (χ3n) is 4.74. The van der Waals surface area contributed by atoms with Gasteiger partial charge < -0.3 is 19.5 Å². The number of H-pyrrole nitrogens is 1. The summed E-state index contributed by atoms with van der Waals surface area (Å²) in [6.07, 6.45) is 5.09. The van der Waals surface area contributed by atoms with Gasteiger partial charge in [0.2, 0.25) is 5.91 Å². The van der Waals surface area contributed by atoms with E-state index in [2.05, 4.69) is 10.3 Å². The molecule has 2 N–H and O–H groups in total. The number of esters is 1. The van der Waals surface area contributed by atoms with E-state index in [1.165, 1.54) is 13.2 Å². The Morgan fingerprint density at radius 3 is 2.79 bits per heavy atom. The first-order valence-electron chi connectivity index (χ1n) is 9.24. The molecule has 0 aliphatic heterocycles. The number of aromatic nitrogens is 1. The van der Waals surface area contributed by atoms with Crippen molar-refractivity contribution < 1.29 is 18.7 Å². The second-order valence-electron chi connectivity index (χ2n) is 6.67. The lowest BCUT2D eigenvalue weighted by Crippen LogP contribution is -2.42. The van der Waals surface area contributed by atoms with Crippen LogP contribution in [-0.4, -0.2) is 30.0 Å². The molecule has 0 saturated carbocycles. The number of hydrogen-bond donors (Lipinski definition) is 2. The summed E-state index contributed by atoms with van der Waals surface area (Å²) in [6.45, 7) is 0. The van der Waals surface area contributed by atoms with Crippen molar-refractivity contribution in [3.05, 3.63) is 78.2 Å². The maximum Gasteiger partial charge on any atom is 0.328 e. The number of para-hydroxylation sites is 2. The molecule has 0 fully saturated rings. The molecule has 2 aromatic heterocycles. The van der Waals surface area contributed by atoms with Gasteiger partial charge in [-0.2, -0.15) is 0 Å². The van der Waals surface area contributed by atoms with E-state index < -0.39 is 17.9 Å². The molecule has 0 aliphatic carbocycles. The normalized spacial score (nSPS) is 12.4. The first kappa shape index (κ1) is 18.6. The highest BCUT2D eigenvalue weighted by Gasteiger charge is 2.22. The molecular formula is C23H20N2O4. The molecule has 2 heterocycles. The van der Waals surface area contributed by atoms with E-state index in [-0.39, 0.29) is 0 Å². The topological polar surface area (TPSA) is 84.3 Å². The minimum absolute atomic E-state index is 0.320. The van der Waals surface area contributed by atoms with Crippen LogP contribution in [-0.2, 0) is 20.7 Å². The highest BCUT2D eigenvalue weighted by molar-refractivity contribution is 5.95. The summed E-state index contributed by atoms with van der Waals surface area (Å²) in [7, 11) is 1.31. The molecule has 0 aliphatic rings. The SMILES string of the molecule is COC(=O)C(Cc1c[nH]c2ccccc12)NC(=O)/C=C/c1cc2ccccc2o1. The highest BCUT2D eigenvalue weighted by atomic mass is 16.5. The Hall–Kier alpha value is -3.80. The number of carbonyl (C=O) groups is 2. The largest absolute Gasteiger partial charge is 0.467 e. The van der Waals surface area contributed by atoms with Gasteiger partial charge in [-0.3, -0.25) is 4.79 Å². The molecule has 1 amide bonds. The predicted molar refractivity (Wildman–Crippen MR) is 111 cm³/mol.